The minimum atomic E-state index is -2.13. The van der Waals surface area contributed by atoms with Gasteiger partial charge in [0, 0.05) is 6.04 Å². The molecule has 0 bridgehead atoms. The maximum Gasteiger partial charge on any atom is 0.314 e. The van der Waals surface area contributed by atoms with E-state index in [4.69, 9.17) is 16.5 Å². The second-order valence-electron chi connectivity index (χ2n) is 5.59. The average Bonchev–Trinajstić information content (AvgIpc) is 1.94. The first-order chi connectivity index (χ1) is 7.55. The van der Waals surface area contributed by atoms with Crippen molar-refractivity contribution in [2.45, 2.75) is 45.3 Å². The van der Waals surface area contributed by atoms with Crippen LogP contribution in [0.5, 0.6) is 0 Å². The Hall–Kier alpha value is 0.448. The number of allylic oxidation sites excluding steroid dienone is 1. The molecule has 0 amide bonds. The van der Waals surface area contributed by atoms with E-state index in [9.17, 15) is 0 Å². The van der Waals surface area contributed by atoms with Gasteiger partial charge < -0.3 is 16.5 Å². The number of hydrogen-bond acceptors (Lipinski definition) is 4. The third kappa shape index (κ3) is 5.30. The highest BCUT2D eigenvalue weighted by molar-refractivity contribution is 6.89. The molecule has 1 saturated heterocycles. The molecule has 0 aromatic rings. The first kappa shape index (κ1) is 15.5. The lowest BCUT2D eigenvalue weighted by atomic mass is 10.8. The standard InChI is InChI=1S/C9H24O4Si4/c1-8-9-14-10-15(2,3)12-17(6,7)13-16(4,5)11-14/h8,14H,1,9H2,2-7H3. The molecule has 0 unspecified atom stereocenters. The minimum Gasteiger partial charge on any atom is -0.418 e. The Labute approximate surface area is 110 Å². The molecule has 8 heteroatoms. The Morgan fingerprint density at radius 2 is 1.29 bits per heavy atom. The number of rotatable bonds is 2. The maximum absolute atomic E-state index is 6.17. The largest absolute Gasteiger partial charge is 0.418 e. The highest BCUT2D eigenvalue weighted by Gasteiger charge is 2.46. The van der Waals surface area contributed by atoms with Crippen molar-refractivity contribution in [1.29, 1.82) is 0 Å². The van der Waals surface area contributed by atoms with E-state index in [1.54, 1.807) is 0 Å². The van der Waals surface area contributed by atoms with Crippen LogP contribution < -0.4 is 0 Å². The average molecular weight is 309 g/mol. The fourth-order valence-corrected chi connectivity index (χ4v) is 20.1. The molecule has 0 N–H and O–H groups in total. The van der Waals surface area contributed by atoms with Crippen molar-refractivity contribution in [3.63, 3.8) is 0 Å². The van der Waals surface area contributed by atoms with Crippen LogP contribution in [0.2, 0.25) is 45.3 Å². The molecule has 0 aromatic heterocycles. The summed E-state index contributed by atoms with van der Waals surface area (Å²) in [6.45, 7) is 16.2. The predicted molar refractivity (Wildman–Crippen MR) is 78.9 cm³/mol. The Bertz CT molecular complexity index is 271. The Morgan fingerprint density at radius 3 is 1.65 bits per heavy atom. The molecule has 1 fully saturated rings. The van der Waals surface area contributed by atoms with Crippen molar-refractivity contribution in [3.05, 3.63) is 12.7 Å². The molecule has 0 aromatic carbocycles. The van der Waals surface area contributed by atoms with Crippen molar-refractivity contribution < 1.29 is 16.5 Å². The van der Waals surface area contributed by atoms with Crippen molar-refractivity contribution in [2.75, 3.05) is 0 Å². The zero-order valence-electron chi connectivity index (χ0n) is 11.7. The molecule has 17 heavy (non-hydrogen) atoms. The molecule has 1 rings (SSSR count). The van der Waals surface area contributed by atoms with E-state index < -0.39 is 35.0 Å². The Balaban J connectivity index is 2.89. The minimum absolute atomic E-state index is 0.807. The van der Waals surface area contributed by atoms with Crippen molar-refractivity contribution in [3.8, 4) is 0 Å². The summed E-state index contributed by atoms with van der Waals surface area (Å²) in [4.78, 5) is 0. The summed E-state index contributed by atoms with van der Waals surface area (Å²) in [5, 5.41) is 0. The lowest BCUT2D eigenvalue weighted by molar-refractivity contribution is 0.249. The first-order valence-electron chi connectivity index (χ1n) is 5.92. The van der Waals surface area contributed by atoms with Gasteiger partial charge >= 0.3 is 35.0 Å². The highest BCUT2D eigenvalue weighted by atomic mass is 28.5. The van der Waals surface area contributed by atoms with E-state index in [0.29, 0.717) is 0 Å². The zero-order chi connectivity index (χ0) is 13.3. The smallest absolute Gasteiger partial charge is 0.314 e. The predicted octanol–water partition coefficient (Wildman–Crippen LogP) is 2.58. The Kier molecular flexibility index (Phi) is 4.75. The van der Waals surface area contributed by atoms with Crippen LogP contribution in [0.25, 0.3) is 0 Å². The van der Waals surface area contributed by atoms with Crippen LogP contribution in [0.15, 0.2) is 12.7 Å². The van der Waals surface area contributed by atoms with Gasteiger partial charge in [0.2, 0.25) is 0 Å². The molecule has 4 nitrogen and oxygen atoms in total. The van der Waals surface area contributed by atoms with Crippen LogP contribution in [0, 0.1) is 0 Å². The van der Waals surface area contributed by atoms with Gasteiger partial charge in [-0.15, -0.1) is 6.58 Å². The topological polar surface area (TPSA) is 36.9 Å². The SMILES string of the molecule is C=CC[SiH]1O[Si](C)(C)O[Si](C)(C)O[Si](C)(C)O1. The van der Waals surface area contributed by atoms with Gasteiger partial charge in [0.05, 0.1) is 0 Å². The van der Waals surface area contributed by atoms with Gasteiger partial charge in [-0.05, 0) is 39.3 Å². The normalized spacial score (nSPS) is 28.1. The van der Waals surface area contributed by atoms with E-state index in [0.717, 1.165) is 6.04 Å². The lowest BCUT2D eigenvalue weighted by Crippen LogP contribution is -2.60. The molecular formula is C9H24O4Si4. The van der Waals surface area contributed by atoms with Crippen LogP contribution in [0.1, 0.15) is 0 Å². The maximum atomic E-state index is 6.17. The summed E-state index contributed by atoms with van der Waals surface area (Å²) in [6.07, 6.45) is 1.87. The molecule has 1 aliphatic rings. The third-order valence-electron chi connectivity index (χ3n) is 2.17. The zero-order valence-corrected chi connectivity index (χ0v) is 15.9. The molecule has 0 atom stereocenters. The quantitative estimate of drug-likeness (QED) is 0.580. The van der Waals surface area contributed by atoms with E-state index in [-0.39, 0.29) is 0 Å². The molecule has 0 radical (unpaired) electrons. The fourth-order valence-electron chi connectivity index (χ4n) is 2.14. The second kappa shape index (κ2) is 5.21. The Morgan fingerprint density at radius 1 is 0.882 bits per heavy atom. The van der Waals surface area contributed by atoms with E-state index in [1.807, 2.05) is 6.08 Å². The molecule has 0 aliphatic carbocycles. The van der Waals surface area contributed by atoms with Gasteiger partial charge in [-0.3, -0.25) is 0 Å². The van der Waals surface area contributed by atoms with Crippen molar-refractivity contribution in [2.24, 2.45) is 0 Å². The molecule has 0 saturated carbocycles. The van der Waals surface area contributed by atoms with E-state index in [1.165, 1.54) is 0 Å². The molecule has 100 valence electrons. The van der Waals surface area contributed by atoms with Gasteiger partial charge in [0.25, 0.3) is 0 Å². The van der Waals surface area contributed by atoms with Gasteiger partial charge in [-0.2, -0.15) is 0 Å². The van der Waals surface area contributed by atoms with Gasteiger partial charge in [-0.1, -0.05) is 6.08 Å². The summed E-state index contributed by atoms with van der Waals surface area (Å²) in [5.41, 5.74) is 0. The number of hydrogen-bond donors (Lipinski definition) is 0. The van der Waals surface area contributed by atoms with Crippen LogP contribution in [-0.2, 0) is 16.5 Å². The van der Waals surface area contributed by atoms with Crippen LogP contribution in [-0.4, -0.2) is 35.0 Å². The van der Waals surface area contributed by atoms with E-state index >= 15 is 0 Å². The van der Waals surface area contributed by atoms with Crippen molar-refractivity contribution in [1.82, 2.24) is 0 Å². The van der Waals surface area contributed by atoms with Gasteiger partial charge in [-0.25, -0.2) is 0 Å². The summed E-state index contributed by atoms with van der Waals surface area (Å²) >= 11 is 0. The van der Waals surface area contributed by atoms with Gasteiger partial charge in [0.1, 0.15) is 0 Å². The first-order valence-corrected chi connectivity index (χ1v) is 16.1. The van der Waals surface area contributed by atoms with Crippen molar-refractivity contribution >= 4 is 35.0 Å². The fraction of sp³-hybridized carbons (Fsp3) is 0.778. The summed E-state index contributed by atoms with van der Waals surface area (Å²) in [6, 6.07) is 0.807. The molecule has 1 heterocycles. The van der Waals surface area contributed by atoms with Crippen LogP contribution >= 0.6 is 0 Å². The van der Waals surface area contributed by atoms with Crippen LogP contribution in [0.4, 0.5) is 0 Å². The van der Waals surface area contributed by atoms with Gasteiger partial charge in [0.15, 0.2) is 0 Å². The van der Waals surface area contributed by atoms with Crippen LogP contribution in [0.3, 0.4) is 0 Å². The monoisotopic (exact) mass is 308 g/mol. The molecule has 1 aliphatic heterocycles. The summed E-state index contributed by atoms with van der Waals surface area (Å²) < 4.78 is 24.6. The molecular weight excluding hydrogens is 284 g/mol. The second-order valence-corrected chi connectivity index (χ2v) is 18.8. The van der Waals surface area contributed by atoms with E-state index in [2.05, 4.69) is 45.9 Å². The third-order valence-corrected chi connectivity index (χ3v) is 17.4. The summed E-state index contributed by atoms with van der Waals surface area (Å²) in [5.74, 6) is 0. The highest BCUT2D eigenvalue weighted by Crippen LogP contribution is 2.27. The molecule has 0 spiro atoms. The summed E-state index contributed by atoms with van der Waals surface area (Å²) in [7, 11) is -8.10. The lowest BCUT2D eigenvalue weighted by Gasteiger charge is -2.43.